The molecule has 3 aromatic heterocycles. The maximum Gasteiger partial charge on any atom is 0.258 e. The van der Waals surface area contributed by atoms with Crippen LogP contribution in [0.4, 0.5) is 16.0 Å². The van der Waals surface area contributed by atoms with E-state index in [1.54, 1.807) is 23.7 Å². The zero-order chi connectivity index (χ0) is 19.0. The number of carbonyl (C=O) groups excluding carboxylic acids is 1. The lowest BCUT2D eigenvalue weighted by atomic mass is 10.3. The summed E-state index contributed by atoms with van der Waals surface area (Å²) in [4.78, 5) is 27.2. The molecule has 1 aliphatic heterocycles. The van der Waals surface area contributed by atoms with Crippen LogP contribution >= 0.6 is 0 Å². The van der Waals surface area contributed by atoms with Gasteiger partial charge in [-0.2, -0.15) is 0 Å². The van der Waals surface area contributed by atoms with Crippen LogP contribution in [0.3, 0.4) is 0 Å². The van der Waals surface area contributed by atoms with Crippen LogP contribution < -0.4 is 15.5 Å². The smallest absolute Gasteiger partial charge is 0.258 e. The SMILES string of the molecule is CN[C@@H]1CCN(c2ncc(C(=O)Nc3cc(F)c4nc(C)cn4c3)cn2)C1. The molecule has 1 aliphatic rings. The van der Waals surface area contributed by atoms with Crippen molar-refractivity contribution in [1.29, 1.82) is 0 Å². The van der Waals surface area contributed by atoms with Gasteiger partial charge in [-0.3, -0.25) is 4.79 Å². The molecule has 0 bridgehead atoms. The number of carbonyl (C=O) groups is 1. The van der Waals surface area contributed by atoms with Gasteiger partial charge in [0.25, 0.3) is 5.91 Å². The molecule has 9 heteroatoms. The molecular formula is C18H20FN7O. The van der Waals surface area contributed by atoms with Gasteiger partial charge in [-0.15, -0.1) is 0 Å². The first kappa shape index (κ1) is 17.3. The maximum atomic E-state index is 14.1. The summed E-state index contributed by atoms with van der Waals surface area (Å²) in [7, 11) is 1.94. The summed E-state index contributed by atoms with van der Waals surface area (Å²) in [6.45, 7) is 3.50. The van der Waals surface area contributed by atoms with Crippen LogP contribution in [0.5, 0.6) is 0 Å². The molecule has 2 N–H and O–H groups in total. The Balaban J connectivity index is 1.48. The van der Waals surface area contributed by atoms with Gasteiger partial charge in [0.15, 0.2) is 11.5 Å². The van der Waals surface area contributed by atoms with E-state index in [0.29, 0.717) is 28.9 Å². The molecule has 27 heavy (non-hydrogen) atoms. The van der Waals surface area contributed by atoms with Crippen molar-refractivity contribution in [2.45, 2.75) is 19.4 Å². The molecule has 140 valence electrons. The summed E-state index contributed by atoms with van der Waals surface area (Å²) in [5.41, 5.74) is 1.57. The Kier molecular flexibility index (Phi) is 4.44. The number of nitrogens with zero attached hydrogens (tertiary/aromatic N) is 5. The van der Waals surface area contributed by atoms with Crippen LogP contribution in [-0.2, 0) is 0 Å². The second-order valence-electron chi connectivity index (χ2n) is 6.64. The van der Waals surface area contributed by atoms with E-state index in [1.807, 2.05) is 7.05 Å². The molecule has 3 aromatic rings. The van der Waals surface area contributed by atoms with Gasteiger partial charge in [-0.1, -0.05) is 0 Å². The summed E-state index contributed by atoms with van der Waals surface area (Å²) >= 11 is 0. The highest BCUT2D eigenvalue weighted by Gasteiger charge is 2.23. The van der Waals surface area contributed by atoms with Crippen LogP contribution in [0, 0.1) is 12.7 Å². The average Bonchev–Trinajstić information content (AvgIpc) is 3.28. The Labute approximate surface area is 155 Å². The maximum absolute atomic E-state index is 14.1. The van der Waals surface area contributed by atoms with Gasteiger partial charge in [0.05, 0.1) is 16.9 Å². The molecule has 0 aromatic carbocycles. The number of nitrogens with one attached hydrogen (secondary N) is 2. The van der Waals surface area contributed by atoms with Crippen molar-refractivity contribution in [3.8, 4) is 0 Å². The van der Waals surface area contributed by atoms with E-state index in [9.17, 15) is 9.18 Å². The van der Waals surface area contributed by atoms with E-state index in [-0.39, 0.29) is 5.65 Å². The lowest BCUT2D eigenvalue weighted by Gasteiger charge is -2.16. The number of hydrogen-bond donors (Lipinski definition) is 2. The Morgan fingerprint density at radius 2 is 2.07 bits per heavy atom. The number of halogens is 1. The zero-order valence-electron chi connectivity index (χ0n) is 15.1. The van der Waals surface area contributed by atoms with Crippen LogP contribution in [0.2, 0.25) is 0 Å². The van der Waals surface area contributed by atoms with Crippen LogP contribution in [0.1, 0.15) is 22.5 Å². The number of amides is 1. The summed E-state index contributed by atoms with van der Waals surface area (Å²) in [6.07, 6.45) is 7.32. The number of anilines is 2. The number of pyridine rings is 1. The van der Waals surface area contributed by atoms with Crippen LogP contribution in [-0.4, -0.2) is 51.4 Å². The molecule has 0 spiro atoms. The molecule has 1 fully saturated rings. The van der Waals surface area contributed by atoms with Gasteiger partial charge in [0.1, 0.15) is 0 Å². The summed E-state index contributed by atoms with van der Waals surface area (Å²) in [5, 5.41) is 5.92. The fraction of sp³-hybridized carbons (Fsp3) is 0.333. The molecule has 0 unspecified atom stereocenters. The largest absolute Gasteiger partial charge is 0.339 e. The third kappa shape index (κ3) is 3.45. The minimum Gasteiger partial charge on any atom is -0.339 e. The van der Waals surface area contributed by atoms with Gasteiger partial charge in [-0.05, 0) is 20.4 Å². The molecule has 8 nitrogen and oxygen atoms in total. The first-order chi connectivity index (χ1) is 13.0. The molecule has 0 radical (unpaired) electrons. The lowest BCUT2D eigenvalue weighted by molar-refractivity contribution is 0.102. The zero-order valence-corrected chi connectivity index (χ0v) is 15.1. The molecule has 4 heterocycles. The lowest BCUT2D eigenvalue weighted by Crippen LogP contribution is -2.30. The van der Waals surface area contributed by atoms with Crippen molar-refractivity contribution in [2.75, 3.05) is 30.4 Å². The molecule has 1 amide bonds. The van der Waals surface area contributed by atoms with E-state index >= 15 is 0 Å². The fourth-order valence-electron chi connectivity index (χ4n) is 3.23. The quantitative estimate of drug-likeness (QED) is 0.727. The standard InChI is InChI=1S/C18H20FN7O/c1-11-8-26-10-14(5-15(19)16(26)23-11)24-17(27)12-6-21-18(22-7-12)25-4-3-13(9-25)20-2/h5-8,10,13,20H,3-4,9H2,1-2H3,(H,24,27)/t13-/m1/s1. The first-order valence-corrected chi connectivity index (χ1v) is 8.74. The highest BCUT2D eigenvalue weighted by atomic mass is 19.1. The van der Waals surface area contributed by atoms with Gasteiger partial charge in [0, 0.05) is 50.0 Å². The van der Waals surface area contributed by atoms with E-state index in [2.05, 4.69) is 30.5 Å². The van der Waals surface area contributed by atoms with Gasteiger partial charge in [0.2, 0.25) is 5.95 Å². The molecule has 4 rings (SSSR count). The molecular weight excluding hydrogens is 349 g/mol. The summed E-state index contributed by atoms with van der Waals surface area (Å²) < 4.78 is 15.7. The third-order valence-electron chi connectivity index (χ3n) is 4.66. The Morgan fingerprint density at radius 3 is 2.78 bits per heavy atom. The predicted octanol–water partition coefficient (Wildman–Crippen LogP) is 1.62. The van der Waals surface area contributed by atoms with E-state index in [4.69, 9.17) is 0 Å². The van der Waals surface area contributed by atoms with E-state index < -0.39 is 11.7 Å². The van der Waals surface area contributed by atoms with E-state index in [1.165, 1.54) is 18.5 Å². The van der Waals surface area contributed by atoms with Crippen molar-refractivity contribution < 1.29 is 9.18 Å². The number of aromatic nitrogens is 4. The van der Waals surface area contributed by atoms with Crippen molar-refractivity contribution in [1.82, 2.24) is 24.7 Å². The van der Waals surface area contributed by atoms with Gasteiger partial charge < -0.3 is 19.9 Å². The number of rotatable bonds is 4. The summed E-state index contributed by atoms with van der Waals surface area (Å²) in [6, 6.07) is 1.67. The fourth-order valence-corrected chi connectivity index (χ4v) is 3.23. The Morgan fingerprint density at radius 1 is 1.30 bits per heavy atom. The van der Waals surface area contributed by atoms with Gasteiger partial charge in [-0.25, -0.2) is 19.3 Å². The second-order valence-corrected chi connectivity index (χ2v) is 6.64. The number of likely N-dealkylation sites (N-methyl/N-ethyl adjacent to an activating group) is 1. The highest BCUT2D eigenvalue weighted by Crippen LogP contribution is 2.18. The van der Waals surface area contributed by atoms with Crippen molar-refractivity contribution in [3.63, 3.8) is 0 Å². The Bertz CT molecular complexity index is 985. The highest BCUT2D eigenvalue weighted by molar-refractivity contribution is 6.03. The third-order valence-corrected chi connectivity index (χ3v) is 4.66. The molecule has 0 aliphatic carbocycles. The number of imidazole rings is 1. The topological polar surface area (TPSA) is 87.5 Å². The normalized spacial score (nSPS) is 16.9. The van der Waals surface area contributed by atoms with Crippen LogP contribution in [0.25, 0.3) is 5.65 Å². The molecule has 1 saturated heterocycles. The molecule has 1 atom stereocenters. The van der Waals surface area contributed by atoms with Crippen LogP contribution in [0.15, 0.2) is 30.9 Å². The monoisotopic (exact) mass is 369 g/mol. The Hall–Kier alpha value is -3.07. The number of aryl methyl sites for hydroxylation is 1. The molecule has 0 saturated carbocycles. The van der Waals surface area contributed by atoms with Crippen molar-refractivity contribution >= 4 is 23.2 Å². The number of fused-ring (bicyclic) bond motifs is 1. The number of hydrogen-bond acceptors (Lipinski definition) is 6. The van der Waals surface area contributed by atoms with Gasteiger partial charge >= 0.3 is 0 Å². The van der Waals surface area contributed by atoms with Crippen molar-refractivity contribution in [2.24, 2.45) is 0 Å². The first-order valence-electron chi connectivity index (χ1n) is 8.74. The van der Waals surface area contributed by atoms with E-state index in [0.717, 1.165) is 19.5 Å². The minimum absolute atomic E-state index is 0.226. The predicted molar refractivity (Wildman–Crippen MR) is 99.5 cm³/mol. The second kappa shape index (κ2) is 6.92. The average molecular weight is 369 g/mol. The van der Waals surface area contributed by atoms with Crippen molar-refractivity contribution in [3.05, 3.63) is 47.9 Å². The summed E-state index contributed by atoms with van der Waals surface area (Å²) in [5.74, 6) is -0.294. The minimum atomic E-state index is -0.499.